The number of hydrogen-bond acceptors (Lipinski definition) is 5. The van der Waals surface area contributed by atoms with Gasteiger partial charge in [-0.05, 0) is 18.6 Å². The summed E-state index contributed by atoms with van der Waals surface area (Å²) >= 11 is 0.965. The lowest BCUT2D eigenvalue weighted by Crippen LogP contribution is -2.40. The van der Waals surface area contributed by atoms with E-state index in [1.54, 1.807) is 0 Å². The van der Waals surface area contributed by atoms with Crippen LogP contribution in [-0.4, -0.2) is 40.3 Å². The zero-order valence-electron chi connectivity index (χ0n) is 10.9. The van der Waals surface area contributed by atoms with Gasteiger partial charge in [0.1, 0.15) is 5.03 Å². The number of urea groups is 1. The summed E-state index contributed by atoms with van der Waals surface area (Å²) in [5.74, 6) is -1.70. The van der Waals surface area contributed by atoms with Crippen molar-refractivity contribution in [2.75, 3.05) is 12.3 Å². The van der Waals surface area contributed by atoms with Crippen molar-refractivity contribution >= 4 is 29.7 Å². The fourth-order valence-corrected chi connectivity index (χ4v) is 2.03. The highest BCUT2D eigenvalue weighted by Crippen LogP contribution is 2.19. The fraction of sp³-hybridized carbons (Fsp3) is 0.333. The lowest BCUT2D eigenvalue weighted by molar-refractivity contribution is -0.117. The van der Waals surface area contributed by atoms with Crippen molar-refractivity contribution in [1.29, 1.82) is 0 Å². The van der Waals surface area contributed by atoms with Crippen molar-refractivity contribution in [2.24, 2.45) is 0 Å². The monoisotopic (exact) mass is 297 g/mol. The highest BCUT2D eigenvalue weighted by molar-refractivity contribution is 8.00. The predicted octanol–water partition coefficient (Wildman–Crippen LogP) is 1.11. The van der Waals surface area contributed by atoms with E-state index in [1.165, 1.54) is 18.3 Å². The zero-order chi connectivity index (χ0) is 15.0. The largest absolute Gasteiger partial charge is 0.478 e. The molecule has 0 saturated carbocycles. The number of nitrogens with zero attached hydrogens (tertiary/aromatic N) is 1. The van der Waals surface area contributed by atoms with Crippen LogP contribution in [0.2, 0.25) is 0 Å². The van der Waals surface area contributed by atoms with Crippen LogP contribution in [0, 0.1) is 0 Å². The molecule has 0 fully saturated rings. The second-order valence-electron chi connectivity index (χ2n) is 3.75. The first-order valence-electron chi connectivity index (χ1n) is 5.93. The van der Waals surface area contributed by atoms with Gasteiger partial charge in [0.05, 0.1) is 11.3 Å². The second kappa shape index (κ2) is 8.16. The maximum Gasteiger partial charge on any atom is 0.338 e. The highest BCUT2D eigenvalue weighted by Gasteiger charge is 2.13. The number of nitrogens with one attached hydrogen (secondary N) is 2. The molecule has 1 rings (SSSR count). The first kappa shape index (κ1) is 16.0. The third-order valence-corrected chi connectivity index (χ3v) is 3.14. The number of pyridine rings is 1. The quantitative estimate of drug-likeness (QED) is 0.679. The van der Waals surface area contributed by atoms with E-state index in [9.17, 15) is 14.4 Å². The van der Waals surface area contributed by atoms with E-state index in [1.807, 2.05) is 6.92 Å². The van der Waals surface area contributed by atoms with Crippen LogP contribution in [0.1, 0.15) is 23.7 Å². The molecule has 3 amide bonds. The Morgan fingerprint density at radius 2 is 2.15 bits per heavy atom. The molecule has 0 unspecified atom stereocenters. The number of carbonyl (C=O) groups is 3. The molecule has 1 aromatic rings. The van der Waals surface area contributed by atoms with Gasteiger partial charge in [0.2, 0.25) is 5.91 Å². The van der Waals surface area contributed by atoms with Gasteiger partial charge >= 0.3 is 12.0 Å². The molecule has 1 heterocycles. The molecule has 8 heteroatoms. The molecule has 3 N–H and O–H groups in total. The number of thioether (sulfide) groups is 1. The number of amides is 3. The van der Waals surface area contributed by atoms with Crippen LogP contribution in [0.4, 0.5) is 4.79 Å². The molecule has 0 aliphatic rings. The number of aromatic nitrogens is 1. The number of aromatic carboxylic acids is 1. The number of carboxylic acids is 1. The van der Waals surface area contributed by atoms with E-state index in [4.69, 9.17) is 5.11 Å². The van der Waals surface area contributed by atoms with E-state index in [0.29, 0.717) is 6.54 Å². The minimum Gasteiger partial charge on any atom is -0.478 e. The first-order chi connectivity index (χ1) is 9.54. The van der Waals surface area contributed by atoms with Gasteiger partial charge in [0.15, 0.2) is 0 Å². The maximum atomic E-state index is 11.5. The van der Waals surface area contributed by atoms with Gasteiger partial charge in [0.25, 0.3) is 0 Å². The molecule has 0 saturated heterocycles. The summed E-state index contributed by atoms with van der Waals surface area (Å²) in [5, 5.41) is 13.8. The van der Waals surface area contributed by atoms with Crippen molar-refractivity contribution in [2.45, 2.75) is 18.4 Å². The molecule has 0 aliphatic carbocycles. The molecule has 0 radical (unpaired) electrons. The number of rotatable bonds is 6. The normalized spacial score (nSPS) is 9.85. The minimum absolute atomic E-state index is 0.0285. The highest BCUT2D eigenvalue weighted by atomic mass is 32.2. The minimum atomic E-state index is -1.11. The van der Waals surface area contributed by atoms with Gasteiger partial charge in [-0.3, -0.25) is 10.1 Å². The summed E-state index contributed by atoms with van der Waals surface area (Å²) in [7, 11) is 0. The Bertz CT molecular complexity index is 507. The molecular weight excluding hydrogens is 282 g/mol. The Morgan fingerprint density at radius 3 is 2.80 bits per heavy atom. The Hall–Kier alpha value is -2.09. The standard InChI is InChI=1S/C12H15N3O4S/c1-2-5-14-12(19)15-9(16)7-20-10-8(11(17)18)4-3-6-13-10/h3-4,6H,2,5,7H2,1H3,(H,17,18)(H2,14,15,16,19). The molecule has 0 spiro atoms. The summed E-state index contributed by atoms with van der Waals surface area (Å²) < 4.78 is 0. The van der Waals surface area contributed by atoms with Crippen molar-refractivity contribution in [1.82, 2.24) is 15.6 Å². The Balaban J connectivity index is 2.49. The fourth-order valence-electron chi connectivity index (χ4n) is 1.25. The third kappa shape index (κ3) is 5.27. The van der Waals surface area contributed by atoms with Crippen LogP contribution >= 0.6 is 11.8 Å². The summed E-state index contributed by atoms with van der Waals surface area (Å²) in [6, 6.07) is 2.35. The van der Waals surface area contributed by atoms with Gasteiger partial charge in [-0.2, -0.15) is 0 Å². The smallest absolute Gasteiger partial charge is 0.338 e. The van der Waals surface area contributed by atoms with Gasteiger partial charge < -0.3 is 10.4 Å². The average Bonchev–Trinajstić information content (AvgIpc) is 2.43. The SMILES string of the molecule is CCCNC(=O)NC(=O)CSc1ncccc1C(=O)O. The van der Waals surface area contributed by atoms with Crippen LogP contribution < -0.4 is 10.6 Å². The molecule has 0 bridgehead atoms. The van der Waals surface area contributed by atoms with Crippen LogP contribution in [0.25, 0.3) is 0 Å². The number of hydrogen-bond donors (Lipinski definition) is 3. The summed E-state index contributed by atoms with van der Waals surface area (Å²) in [6.45, 7) is 2.38. The topological polar surface area (TPSA) is 108 Å². The van der Waals surface area contributed by atoms with E-state index < -0.39 is 17.9 Å². The van der Waals surface area contributed by atoms with E-state index in [2.05, 4.69) is 15.6 Å². The Morgan fingerprint density at radius 1 is 1.40 bits per heavy atom. The lowest BCUT2D eigenvalue weighted by Gasteiger charge is -2.06. The molecule has 0 aromatic carbocycles. The molecule has 1 aromatic heterocycles. The Kier molecular flexibility index (Phi) is 6.51. The maximum absolute atomic E-state index is 11.5. The van der Waals surface area contributed by atoms with Gasteiger partial charge in [-0.25, -0.2) is 14.6 Å². The van der Waals surface area contributed by atoms with Gasteiger partial charge in [-0.15, -0.1) is 0 Å². The lowest BCUT2D eigenvalue weighted by atomic mass is 10.3. The summed E-state index contributed by atoms with van der Waals surface area (Å²) in [4.78, 5) is 37.6. The number of carboxylic acid groups (broad SMARTS) is 1. The molecular formula is C12H15N3O4S. The van der Waals surface area contributed by atoms with Crippen LogP contribution in [0.15, 0.2) is 23.4 Å². The molecule has 108 valence electrons. The van der Waals surface area contributed by atoms with Crippen LogP contribution in [0.3, 0.4) is 0 Å². The summed E-state index contributed by atoms with van der Waals surface area (Å²) in [5.41, 5.74) is 0.0285. The van der Waals surface area contributed by atoms with Crippen molar-refractivity contribution in [3.8, 4) is 0 Å². The predicted molar refractivity (Wildman–Crippen MR) is 73.8 cm³/mol. The molecule has 20 heavy (non-hydrogen) atoms. The van der Waals surface area contributed by atoms with Crippen LogP contribution in [-0.2, 0) is 4.79 Å². The van der Waals surface area contributed by atoms with E-state index in [0.717, 1.165) is 18.2 Å². The first-order valence-corrected chi connectivity index (χ1v) is 6.92. The van der Waals surface area contributed by atoms with E-state index >= 15 is 0 Å². The molecule has 7 nitrogen and oxygen atoms in total. The number of imide groups is 1. The van der Waals surface area contributed by atoms with Crippen molar-refractivity contribution in [3.63, 3.8) is 0 Å². The second-order valence-corrected chi connectivity index (χ2v) is 4.72. The van der Waals surface area contributed by atoms with Crippen molar-refractivity contribution < 1.29 is 19.5 Å². The molecule has 0 aliphatic heterocycles. The van der Waals surface area contributed by atoms with Gasteiger partial charge in [0, 0.05) is 12.7 Å². The van der Waals surface area contributed by atoms with Crippen molar-refractivity contribution in [3.05, 3.63) is 23.9 Å². The van der Waals surface area contributed by atoms with Crippen LogP contribution in [0.5, 0.6) is 0 Å². The number of carbonyl (C=O) groups excluding carboxylic acids is 2. The van der Waals surface area contributed by atoms with Gasteiger partial charge in [-0.1, -0.05) is 18.7 Å². The Labute approximate surface area is 120 Å². The average molecular weight is 297 g/mol. The van der Waals surface area contributed by atoms with E-state index in [-0.39, 0.29) is 16.3 Å². The zero-order valence-corrected chi connectivity index (χ0v) is 11.7. The third-order valence-electron chi connectivity index (χ3n) is 2.13. The molecule has 0 atom stereocenters. The summed E-state index contributed by atoms with van der Waals surface area (Å²) in [6.07, 6.45) is 2.22.